The van der Waals surface area contributed by atoms with Gasteiger partial charge in [-0.1, -0.05) is 30.3 Å². The second-order valence-corrected chi connectivity index (χ2v) is 9.55. The molecule has 1 N–H and O–H groups in total. The largest absolute Gasteiger partial charge is 0.352 e. The number of hydrogen-bond donors (Lipinski definition) is 1. The molecule has 0 bridgehead atoms. The molecule has 2 aromatic carbocycles. The Balaban J connectivity index is 1.50. The number of rotatable bonds is 6. The average Bonchev–Trinajstić information content (AvgIpc) is 3.55. The molecule has 0 radical (unpaired) electrons. The second kappa shape index (κ2) is 8.41. The summed E-state index contributed by atoms with van der Waals surface area (Å²) in [7, 11) is -3.94. The van der Waals surface area contributed by atoms with E-state index in [2.05, 4.69) is 5.32 Å². The molecule has 6 nitrogen and oxygen atoms in total. The summed E-state index contributed by atoms with van der Waals surface area (Å²) < 4.78 is 53.6. The Kier molecular flexibility index (Phi) is 5.86. The summed E-state index contributed by atoms with van der Waals surface area (Å²) >= 11 is 0. The van der Waals surface area contributed by atoms with Gasteiger partial charge in [-0.05, 0) is 36.6 Å². The van der Waals surface area contributed by atoms with Crippen LogP contribution < -0.4 is 5.32 Å². The maximum atomic E-state index is 13.5. The van der Waals surface area contributed by atoms with E-state index in [1.165, 1.54) is 4.31 Å². The van der Waals surface area contributed by atoms with E-state index in [1.54, 1.807) is 0 Å². The fourth-order valence-corrected chi connectivity index (χ4v) is 5.09. The first-order valence-electron chi connectivity index (χ1n) is 9.91. The number of amides is 1. The van der Waals surface area contributed by atoms with Crippen molar-refractivity contribution < 1.29 is 22.0 Å². The molecule has 30 heavy (non-hydrogen) atoms. The van der Waals surface area contributed by atoms with Gasteiger partial charge in [0.05, 0.1) is 4.90 Å². The quantitative estimate of drug-likeness (QED) is 0.756. The molecule has 1 heterocycles. The molecule has 160 valence electrons. The normalized spacial score (nSPS) is 19.4. The highest BCUT2D eigenvalue weighted by Crippen LogP contribution is 2.27. The summed E-state index contributed by atoms with van der Waals surface area (Å²) in [6.45, 7) is 1.00. The van der Waals surface area contributed by atoms with E-state index in [1.807, 2.05) is 35.2 Å². The van der Waals surface area contributed by atoms with Crippen LogP contribution in [0.4, 0.5) is 8.78 Å². The van der Waals surface area contributed by atoms with Gasteiger partial charge in [-0.2, -0.15) is 4.31 Å². The Labute approximate surface area is 174 Å². The van der Waals surface area contributed by atoms with Gasteiger partial charge in [-0.25, -0.2) is 17.2 Å². The van der Waals surface area contributed by atoms with Gasteiger partial charge in [0.15, 0.2) is 11.6 Å². The molecule has 0 spiro atoms. The molecule has 1 aliphatic heterocycles. The van der Waals surface area contributed by atoms with Gasteiger partial charge in [0.25, 0.3) is 0 Å². The van der Waals surface area contributed by atoms with Crippen molar-refractivity contribution in [2.45, 2.75) is 29.8 Å². The van der Waals surface area contributed by atoms with Crippen LogP contribution in [0, 0.1) is 11.6 Å². The molecular formula is C21H23F2N3O3S. The molecule has 2 fully saturated rings. The molecule has 4 rings (SSSR count). The van der Waals surface area contributed by atoms with E-state index >= 15 is 0 Å². The maximum Gasteiger partial charge on any atom is 0.243 e. The van der Waals surface area contributed by atoms with Gasteiger partial charge in [0.1, 0.15) is 6.04 Å². The first kappa shape index (κ1) is 20.9. The van der Waals surface area contributed by atoms with Crippen LogP contribution in [0.3, 0.4) is 0 Å². The topological polar surface area (TPSA) is 69.7 Å². The lowest BCUT2D eigenvalue weighted by molar-refractivity contribution is -0.127. The first-order chi connectivity index (χ1) is 14.4. The predicted octanol–water partition coefficient (Wildman–Crippen LogP) is 2.29. The molecule has 1 amide bonds. The fourth-order valence-electron chi connectivity index (χ4n) is 3.66. The molecule has 2 aliphatic rings. The minimum Gasteiger partial charge on any atom is -0.352 e. The van der Waals surface area contributed by atoms with Crippen LogP contribution in [0.25, 0.3) is 0 Å². The number of carbonyl (C=O) groups is 1. The number of piperazine rings is 1. The van der Waals surface area contributed by atoms with E-state index in [0.717, 1.165) is 30.5 Å². The number of sulfonamides is 1. The first-order valence-corrected chi connectivity index (χ1v) is 11.3. The Morgan fingerprint density at radius 3 is 2.23 bits per heavy atom. The summed E-state index contributed by atoms with van der Waals surface area (Å²) in [4.78, 5) is 14.6. The number of nitrogens with zero attached hydrogens (tertiary/aromatic N) is 2. The Morgan fingerprint density at radius 2 is 1.63 bits per heavy atom. The van der Waals surface area contributed by atoms with Crippen LogP contribution in [0.15, 0.2) is 53.4 Å². The van der Waals surface area contributed by atoms with E-state index in [0.29, 0.717) is 19.2 Å². The summed E-state index contributed by atoms with van der Waals surface area (Å²) in [6.07, 6.45) is 1.96. The van der Waals surface area contributed by atoms with Crippen LogP contribution in [-0.4, -0.2) is 55.8 Å². The van der Waals surface area contributed by atoms with Crippen molar-refractivity contribution in [1.82, 2.24) is 14.5 Å². The number of benzene rings is 2. The smallest absolute Gasteiger partial charge is 0.243 e. The fraction of sp³-hybridized carbons (Fsp3) is 0.381. The molecule has 2 aromatic rings. The van der Waals surface area contributed by atoms with Crippen molar-refractivity contribution in [2.24, 2.45) is 0 Å². The van der Waals surface area contributed by atoms with Crippen molar-refractivity contribution in [3.8, 4) is 0 Å². The summed E-state index contributed by atoms with van der Waals surface area (Å²) in [6, 6.07) is 11.7. The van der Waals surface area contributed by atoms with Gasteiger partial charge >= 0.3 is 0 Å². The highest BCUT2D eigenvalue weighted by molar-refractivity contribution is 7.89. The Hall–Kier alpha value is -2.36. The van der Waals surface area contributed by atoms with E-state index in [-0.39, 0.29) is 29.9 Å². The van der Waals surface area contributed by atoms with Crippen molar-refractivity contribution in [1.29, 1.82) is 0 Å². The number of hydrogen-bond acceptors (Lipinski definition) is 4. The van der Waals surface area contributed by atoms with Crippen LogP contribution in [0.1, 0.15) is 24.4 Å². The highest BCUT2D eigenvalue weighted by Gasteiger charge is 2.36. The van der Waals surface area contributed by atoms with E-state index in [4.69, 9.17) is 0 Å². The SMILES string of the molecule is O=C(NC1CC1)C(c1ccccc1)N1CCN(S(=O)(=O)c2ccc(F)c(F)c2)CC1. The number of nitrogens with one attached hydrogen (secondary N) is 1. The standard InChI is InChI=1S/C21H23F2N3O3S/c22-18-9-8-17(14-19(18)23)30(28,29)26-12-10-25(11-13-26)20(15-4-2-1-3-5-15)21(27)24-16-6-7-16/h1-5,8-9,14,16,20H,6-7,10-13H2,(H,24,27). The van der Waals surface area contributed by atoms with Crippen molar-refractivity contribution >= 4 is 15.9 Å². The summed E-state index contributed by atoms with van der Waals surface area (Å²) in [5.74, 6) is -2.37. The molecule has 1 unspecified atom stereocenters. The lowest BCUT2D eigenvalue weighted by Crippen LogP contribution is -2.52. The molecule has 1 saturated heterocycles. The summed E-state index contributed by atoms with van der Waals surface area (Å²) in [5, 5.41) is 3.04. The predicted molar refractivity (Wildman–Crippen MR) is 107 cm³/mol. The zero-order chi connectivity index (χ0) is 21.3. The van der Waals surface area contributed by atoms with Crippen LogP contribution in [0.5, 0.6) is 0 Å². The van der Waals surface area contributed by atoms with Gasteiger partial charge in [-0.3, -0.25) is 9.69 Å². The molecule has 1 atom stereocenters. The van der Waals surface area contributed by atoms with Gasteiger partial charge in [-0.15, -0.1) is 0 Å². The molecule has 1 saturated carbocycles. The van der Waals surface area contributed by atoms with Crippen LogP contribution in [0.2, 0.25) is 0 Å². The van der Waals surface area contributed by atoms with Crippen LogP contribution >= 0.6 is 0 Å². The third-order valence-electron chi connectivity index (χ3n) is 5.45. The highest BCUT2D eigenvalue weighted by atomic mass is 32.2. The van der Waals surface area contributed by atoms with Crippen LogP contribution in [-0.2, 0) is 14.8 Å². The van der Waals surface area contributed by atoms with Gasteiger partial charge < -0.3 is 5.32 Å². The number of halogens is 2. The zero-order valence-electron chi connectivity index (χ0n) is 16.3. The second-order valence-electron chi connectivity index (χ2n) is 7.61. The minimum atomic E-state index is -3.94. The van der Waals surface area contributed by atoms with E-state index in [9.17, 15) is 22.0 Å². The van der Waals surface area contributed by atoms with Crippen molar-refractivity contribution in [3.05, 3.63) is 65.7 Å². The lowest BCUT2D eigenvalue weighted by atomic mass is 10.0. The third kappa shape index (κ3) is 4.38. The Bertz CT molecular complexity index is 1020. The van der Waals surface area contributed by atoms with E-state index < -0.39 is 27.7 Å². The minimum absolute atomic E-state index is 0.0828. The maximum absolute atomic E-state index is 13.5. The lowest BCUT2D eigenvalue weighted by Gasteiger charge is -2.38. The monoisotopic (exact) mass is 435 g/mol. The molecular weight excluding hydrogens is 412 g/mol. The summed E-state index contributed by atoms with van der Waals surface area (Å²) in [5.41, 5.74) is 0.854. The van der Waals surface area contributed by atoms with Gasteiger partial charge in [0, 0.05) is 32.2 Å². The van der Waals surface area contributed by atoms with Crippen molar-refractivity contribution in [3.63, 3.8) is 0 Å². The van der Waals surface area contributed by atoms with Gasteiger partial charge in [0.2, 0.25) is 15.9 Å². The molecule has 0 aromatic heterocycles. The molecule has 9 heteroatoms. The zero-order valence-corrected chi connectivity index (χ0v) is 17.1. The molecule has 1 aliphatic carbocycles. The average molecular weight is 435 g/mol. The third-order valence-corrected chi connectivity index (χ3v) is 7.35. The Morgan fingerprint density at radius 1 is 0.967 bits per heavy atom. The number of carbonyl (C=O) groups excluding carboxylic acids is 1. The van der Waals surface area contributed by atoms with Crippen molar-refractivity contribution in [2.75, 3.05) is 26.2 Å².